The van der Waals surface area contributed by atoms with Gasteiger partial charge in [0.25, 0.3) is 5.91 Å². The van der Waals surface area contributed by atoms with Crippen molar-refractivity contribution in [3.8, 4) is 11.5 Å². The molecule has 1 amide bonds. The van der Waals surface area contributed by atoms with Crippen molar-refractivity contribution in [2.75, 3.05) is 25.2 Å². The van der Waals surface area contributed by atoms with Gasteiger partial charge >= 0.3 is 5.97 Å². The number of anilines is 1. The van der Waals surface area contributed by atoms with Crippen molar-refractivity contribution in [3.63, 3.8) is 0 Å². The molecule has 1 atom stereocenters. The number of benzene rings is 2. The van der Waals surface area contributed by atoms with Gasteiger partial charge in [0.2, 0.25) is 6.79 Å². The van der Waals surface area contributed by atoms with Crippen LogP contribution in [0.2, 0.25) is 0 Å². The SMILES string of the molecule is CCCN1CCc2nc3ccccc3c(C(=O)OC(CC)C(=O)Nc3ccc4c(c3)OCO4)c2C1. The Morgan fingerprint density at radius 2 is 1.97 bits per heavy atom. The maximum atomic E-state index is 13.6. The van der Waals surface area contributed by atoms with E-state index in [0.29, 0.717) is 35.7 Å². The van der Waals surface area contributed by atoms with Crippen LogP contribution in [-0.4, -0.2) is 47.7 Å². The van der Waals surface area contributed by atoms with Gasteiger partial charge in [0.05, 0.1) is 11.1 Å². The lowest BCUT2D eigenvalue weighted by atomic mass is 9.95. The number of carbonyl (C=O) groups is 2. The predicted octanol–water partition coefficient (Wildman–Crippen LogP) is 4.31. The highest BCUT2D eigenvalue weighted by molar-refractivity contribution is 6.06. The number of nitrogens with one attached hydrogen (secondary N) is 1. The molecular weight excluding hydrogens is 446 g/mol. The Morgan fingerprint density at radius 3 is 2.80 bits per heavy atom. The second-order valence-electron chi connectivity index (χ2n) is 8.81. The summed E-state index contributed by atoms with van der Waals surface area (Å²) in [5, 5.41) is 3.58. The van der Waals surface area contributed by atoms with Crippen LogP contribution in [0.15, 0.2) is 42.5 Å². The van der Waals surface area contributed by atoms with Gasteiger partial charge in [-0.25, -0.2) is 4.79 Å². The Hall–Kier alpha value is -3.65. The van der Waals surface area contributed by atoms with Gasteiger partial charge in [0.1, 0.15) is 0 Å². The smallest absolute Gasteiger partial charge is 0.340 e. The summed E-state index contributed by atoms with van der Waals surface area (Å²) in [6.45, 7) is 6.63. The van der Waals surface area contributed by atoms with Gasteiger partial charge in [0, 0.05) is 47.9 Å². The van der Waals surface area contributed by atoms with E-state index >= 15 is 0 Å². The van der Waals surface area contributed by atoms with E-state index in [-0.39, 0.29) is 12.7 Å². The molecule has 35 heavy (non-hydrogen) atoms. The summed E-state index contributed by atoms with van der Waals surface area (Å²) in [6.07, 6.45) is 1.22. The zero-order chi connectivity index (χ0) is 24.4. The molecule has 0 spiro atoms. The fourth-order valence-corrected chi connectivity index (χ4v) is 4.69. The molecule has 3 aromatic rings. The summed E-state index contributed by atoms with van der Waals surface area (Å²) in [5.41, 5.74) is 3.66. The van der Waals surface area contributed by atoms with Crippen molar-refractivity contribution in [3.05, 3.63) is 59.3 Å². The number of hydrogen-bond acceptors (Lipinski definition) is 7. The van der Waals surface area contributed by atoms with Crippen LogP contribution in [0.3, 0.4) is 0 Å². The van der Waals surface area contributed by atoms with Crippen LogP contribution in [0.4, 0.5) is 5.69 Å². The first-order valence-electron chi connectivity index (χ1n) is 12.1. The summed E-state index contributed by atoms with van der Waals surface area (Å²) >= 11 is 0. The highest BCUT2D eigenvalue weighted by Crippen LogP contribution is 2.34. The molecule has 2 aromatic carbocycles. The maximum absolute atomic E-state index is 13.6. The zero-order valence-electron chi connectivity index (χ0n) is 20.0. The Labute approximate surface area is 204 Å². The largest absolute Gasteiger partial charge is 0.454 e. The number of ether oxygens (including phenoxy) is 3. The van der Waals surface area contributed by atoms with Crippen LogP contribution in [0.1, 0.15) is 48.3 Å². The Kier molecular flexibility index (Phi) is 6.55. The Morgan fingerprint density at radius 1 is 1.14 bits per heavy atom. The van der Waals surface area contributed by atoms with Crippen molar-refractivity contribution < 1.29 is 23.8 Å². The Bertz CT molecular complexity index is 1280. The van der Waals surface area contributed by atoms with Gasteiger partial charge in [-0.3, -0.25) is 14.7 Å². The lowest BCUT2D eigenvalue weighted by molar-refractivity contribution is -0.124. The van der Waals surface area contributed by atoms with Gasteiger partial charge < -0.3 is 19.5 Å². The minimum Gasteiger partial charge on any atom is -0.454 e. The van der Waals surface area contributed by atoms with Gasteiger partial charge in [-0.1, -0.05) is 32.0 Å². The molecule has 1 N–H and O–H groups in total. The molecule has 0 fully saturated rings. The van der Waals surface area contributed by atoms with E-state index in [0.717, 1.165) is 48.1 Å². The average Bonchev–Trinajstić information content (AvgIpc) is 3.34. The summed E-state index contributed by atoms with van der Waals surface area (Å²) in [5.74, 6) is 0.317. The quantitative estimate of drug-likeness (QED) is 0.510. The molecular formula is C27H29N3O5. The number of aromatic nitrogens is 1. The standard InChI is InChI=1S/C27H29N3O5/c1-3-12-30-13-11-21-19(15-30)25(18-7-5-6-8-20(18)29-21)27(32)35-22(4-2)26(31)28-17-9-10-23-24(14-17)34-16-33-23/h5-10,14,22H,3-4,11-13,15-16H2,1-2H3,(H,28,31). The molecule has 8 heteroatoms. The van der Waals surface area contributed by atoms with Crippen molar-refractivity contribution in [1.29, 1.82) is 0 Å². The highest BCUT2D eigenvalue weighted by atomic mass is 16.7. The molecule has 8 nitrogen and oxygen atoms in total. The number of rotatable bonds is 7. The summed E-state index contributed by atoms with van der Waals surface area (Å²) in [6, 6.07) is 12.8. The molecule has 1 unspecified atom stereocenters. The normalized spacial score (nSPS) is 15.5. The molecule has 0 radical (unpaired) electrons. The van der Waals surface area contributed by atoms with Gasteiger partial charge in [-0.05, 0) is 37.6 Å². The van der Waals surface area contributed by atoms with Crippen LogP contribution in [-0.2, 0) is 22.5 Å². The molecule has 2 aliphatic heterocycles. The van der Waals surface area contributed by atoms with Crippen molar-refractivity contribution >= 4 is 28.5 Å². The maximum Gasteiger partial charge on any atom is 0.340 e. The van der Waals surface area contributed by atoms with Crippen molar-refractivity contribution in [1.82, 2.24) is 9.88 Å². The molecule has 1 aromatic heterocycles. The molecule has 182 valence electrons. The highest BCUT2D eigenvalue weighted by Gasteiger charge is 2.29. The van der Waals surface area contributed by atoms with Crippen LogP contribution >= 0.6 is 0 Å². The monoisotopic (exact) mass is 475 g/mol. The van der Waals surface area contributed by atoms with E-state index < -0.39 is 12.1 Å². The second-order valence-corrected chi connectivity index (χ2v) is 8.81. The summed E-state index contributed by atoms with van der Waals surface area (Å²) in [4.78, 5) is 33.8. The molecule has 5 rings (SSSR count). The average molecular weight is 476 g/mol. The van der Waals surface area contributed by atoms with E-state index in [2.05, 4.69) is 17.1 Å². The minimum absolute atomic E-state index is 0.155. The first-order valence-corrected chi connectivity index (χ1v) is 12.1. The third-order valence-corrected chi connectivity index (χ3v) is 6.42. The van der Waals surface area contributed by atoms with Crippen LogP contribution in [0, 0.1) is 0 Å². The molecule has 0 aliphatic carbocycles. The fraction of sp³-hybridized carbons (Fsp3) is 0.370. The van der Waals surface area contributed by atoms with E-state index in [1.165, 1.54) is 0 Å². The number of para-hydroxylation sites is 1. The summed E-state index contributed by atoms with van der Waals surface area (Å²) < 4.78 is 16.5. The molecule has 2 aliphatic rings. The van der Waals surface area contributed by atoms with E-state index in [1.54, 1.807) is 18.2 Å². The molecule has 0 bridgehead atoms. The van der Waals surface area contributed by atoms with Crippen molar-refractivity contribution in [2.45, 2.75) is 45.8 Å². The van der Waals surface area contributed by atoms with E-state index in [4.69, 9.17) is 19.2 Å². The fourth-order valence-electron chi connectivity index (χ4n) is 4.69. The van der Waals surface area contributed by atoms with Gasteiger partial charge in [0.15, 0.2) is 17.6 Å². The third-order valence-electron chi connectivity index (χ3n) is 6.42. The lowest BCUT2D eigenvalue weighted by Gasteiger charge is -2.30. The first kappa shape index (κ1) is 23.1. The minimum atomic E-state index is -0.939. The molecule has 0 saturated carbocycles. The van der Waals surface area contributed by atoms with E-state index in [9.17, 15) is 9.59 Å². The van der Waals surface area contributed by atoms with Gasteiger partial charge in [-0.15, -0.1) is 0 Å². The molecule has 3 heterocycles. The topological polar surface area (TPSA) is 90.0 Å². The van der Waals surface area contributed by atoms with Crippen LogP contribution in [0.25, 0.3) is 10.9 Å². The first-order chi connectivity index (χ1) is 17.1. The number of fused-ring (bicyclic) bond motifs is 3. The predicted molar refractivity (Wildman–Crippen MR) is 132 cm³/mol. The number of nitrogens with zero attached hydrogens (tertiary/aromatic N) is 2. The van der Waals surface area contributed by atoms with Crippen LogP contribution < -0.4 is 14.8 Å². The van der Waals surface area contributed by atoms with Crippen LogP contribution in [0.5, 0.6) is 11.5 Å². The number of hydrogen-bond donors (Lipinski definition) is 1. The summed E-state index contributed by atoms with van der Waals surface area (Å²) in [7, 11) is 0. The number of amides is 1. The Balaban J connectivity index is 1.41. The number of pyridine rings is 1. The zero-order valence-corrected chi connectivity index (χ0v) is 20.0. The lowest BCUT2D eigenvalue weighted by Crippen LogP contribution is -2.35. The van der Waals surface area contributed by atoms with Gasteiger partial charge in [-0.2, -0.15) is 0 Å². The second kappa shape index (κ2) is 9.92. The third kappa shape index (κ3) is 4.66. The number of esters is 1. The molecule has 0 saturated heterocycles. The van der Waals surface area contributed by atoms with E-state index in [1.807, 2.05) is 31.2 Å². The van der Waals surface area contributed by atoms with Crippen molar-refractivity contribution in [2.24, 2.45) is 0 Å². The number of carbonyl (C=O) groups excluding carboxylic acids is 2.